The molecule has 1 saturated heterocycles. The van der Waals surface area contributed by atoms with Crippen molar-refractivity contribution in [1.29, 1.82) is 0 Å². The van der Waals surface area contributed by atoms with Crippen LogP contribution in [-0.2, 0) is 4.79 Å². The summed E-state index contributed by atoms with van der Waals surface area (Å²) in [4.78, 5) is 13.6. The molecule has 0 amide bonds. The molecule has 0 spiro atoms. The highest BCUT2D eigenvalue weighted by Gasteiger charge is 2.48. The van der Waals surface area contributed by atoms with Crippen LogP contribution in [0.3, 0.4) is 0 Å². The summed E-state index contributed by atoms with van der Waals surface area (Å²) in [6.07, 6.45) is 2.83. The molecule has 1 aliphatic heterocycles. The van der Waals surface area contributed by atoms with Gasteiger partial charge in [0.2, 0.25) is 0 Å². The van der Waals surface area contributed by atoms with Gasteiger partial charge in [0.15, 0.2) is 0 Å². The maximum Gasteiger partial charge on any atom is 0.310 e. The molecule has 0 aromatic carbocycles. The maximum absolute atomic E-state index is 11.2. The summed E-state index contributed by atoms with van der Waals surface area (Å²) >= 11 is 0. The first-order chi connectivity index (χ1) is 7.33. The number of likely N-dealkylation sites (tertiary alicyclic amines) is 1. The summed E-state index contributed by atoms with van der Waals surface area (Å²) < 4.78 is 0. The second-order valence-electron chi connectivity index (χ2n) is 6.70. The van der Waals surface area contributed by atoms with Crippen molar-refractivity contribution < 1.29 is 9.90 Å². The van der Waals surface area contributed by atoms with Gasteiger partial charge in [0.25, 0.3) is 0 Å². The molecule has 2 fully saturated rings. The molecule has 0 bridgehead atoms. The first kappa shape index (κ1) is 11.9. The third-order valence-corrected chi connectivity index (χ3v) is 4.47. The number of aliphatic carboxylic acids is 1. The molecule has 1 saturated carbocycles. The Morgan fingerprint density at radius 3 is 2.25 bits per heavy atom. The molecule has 2 aliphatic rings. The van der Waals surface area contributed by atoms with Crippen LogP contribution in [0.15, 0.2) is 0 Å². The summed E-state index contributed by atoms with van der Waals surface area (Å²) in [5.41, 5.74) is -0.0324. The fourth-order valence-electron chi connectivity index (χ4n) is 2.72. The second-order valence-corrected chi connectivity index (χ2v) is 6.70. The fraction of sp³-hybridized carbons (Fsp3) is 0.923. The zero-order chi connectivity index (χ0) is 12.0. The Morgan fingerprint density at radius 1 is 1.38 bits per heavy atom. The van der Waals surface area contributed by atoms with Crippen LogP contribution in [0.5, 0.6) is 0 Å². The fourth-order valence-corrected chi connectivity index (χ4v) is 2.72. The summed E-state index contributed by atoms with van der Waals surface area (Å²) in [5.74, 6) is 0.149. The zero-order valence-electron chi connectivity index (χ0n) is 10.6. The van der Waals surface area contributed by atoms with Gasteiger partial charge in [-0.05, 0) is 24.2 Å². The van der Waals surface area contributed by atoms with Gasteiger partial charge < -0.3 is 10.0 Å². The molecule has 3 nitrogen and oxygen atoms in total. The Kier molecular flexibility index (Phi) is 2.77. The monoisotopic (exact) mass is 225 g/mol. The molecule has 92 valence electrons. The summed E-state index contributed by atoms with van der Waals surface area (Å²) in [7, 11) is 0. The number of rotatable bonds is 3. The summed E-state index contributed by atoms with van der Waals surface area (Å²) in [6.45, 7) is 9.74. The molecule has 2 rings (SSSR count). The lowest BCUT2D eigenvalue weighted by molar-refractivity contribution is -0.158. The molecule has 0 atom stereocenters. The molecule has 1 N–H and O–H groups in total. The van der Waals surface area contributed by atoms with Crippen LogP contribution in [0.4, 0.5) is 0 Å². The number of hydrogen-bond acceptors (Lipinski definition) is 2. The van der Waals surface area contributed by atoms with E-state index in [1.54, 1.807) is 0 Å². The normalized spacial score (nSPS) is 25.9. The van der Waals surface area contributed by atoms with Crippen molar-refractivity contribution in [2.45, 2.75) is 40.0 Å². The highest BCUT2D eigenvalue weighted by molar-refractivity contribution is 5.76. The van der Waals surface area contributed by atoms with Crippen molar-refractivity contribution in [2.24, 2.45) is 16.7 Å². The van der Waals surface area contributed by atoms with Crippen LogP contribution in [0.2, 0.25) is 0 Å². The van der Waals surface area contributed by atoms with Crippen molar-refractivity contribution in [3.05, 3.63) is 0 Å². The predicted molar refractivity (Wildman–Crippen MR) is 63.3 cm³/mol. The van der Waals surface area contributed by atoms with Crippen molar-refractivity contribution in [2.75, 3.05) is 19.6 Å². The highest BCUT2D eigenvalue weighted by atomic mass is 16.4. The van der Waals surface area contributed by atoms with Gasteiger partial charge in [-0.2, -0.15) is 0 Å². The lowest BCUT2D eigenvalue weighted by Gasteiger charge is -2.51. The van der Waals surface area contributed by atoms with Crippen LogP contribution in [0.1, 0.15) is 40.0 Å². The SMILES string of the molecule is CC(C)(C)C1CN(CC2(C(=O)O)CCC2)C1. The van der Waals surface area contributed by atoms with Crippen LogP contribution in [0, 0.1) is 16.7 Å². The smallest absolute Gasteiger partial charge is 0.310 e. The quantitative estimate of drug-likeness (QED) is 0.800. The lowest BCUT2D eigenvalue weighted by atomic mass is 9.67. The van der Waals surface area contributed by atoms with Crippen molar-refractivity contribution in [3.8, 4) is 0 Å². The van der Waals surface area contributed by atoms with Crippen LogP contribution in [-0.4, -0.2) is 35.6 Å². The molecule has 16 heavy (non-hydrogen) atoms. The third kappa shape index (κ3) is 1.97. The Morgan fingerprint density at radius 2 is 1.94 bits per heavy atom. The Labute approximate surface area is 97.8 Å². The molecule has 0 unspecified atom stereocenters. The van der Waals surface area contributed by atoms with Crippen LogP contribution < -0.4 is 0 Å². The van der Waals surface area contributed by atoms with Crippen LogP contribution >= 0.6 is 0 Å². The van der Waals surface area contributed by atoms with Gasteiger partial charge in [0.05, 0.1) is 5.41 Å². The van der Waals surface area contributed by atoms with E-state index in [1.807, 2.05) is 0 Å². The van der Waals surface area contributed by atoms with Gasteiger partial charge >= 0.3 is 5.97 Å². The van der Waals surface area contributed by atoms with E-state index in [-0.39, 0.29) is 0 Å². The maximum atomic E-state index is 11.2. The van der Waals surface area contributed by atoms with Gasteiger partial charge in [-0.25, -0.2) is 0 Å². The third-order valence-electron chi connectivity index (χ3n) is 4.47. The Hall–Kier alpha value is -0.570. The van der Waals surface area contributed by atoms with Crippen molar-refractivity contribution >= 4 is 5.97 Å². The standard InChI is InChI=1S/C13H23NO2/c1-12(2,3)10-7-14(8-10)9-13(11(15)16)5-4-6-13/h10H,4-9H2,1-3H3,(H,15,16). The summed E-state index contributed by atoms with van der Waals surface area (Å²) in [5, 5.41) is 9.25. The molecule has 0 aromatic heterocycles. The topological polar surface area (TPSA) is 40.5 Å². The predicted octanol–water partition coefficient (Wildman–Crippen LogP) is 2.22. The first-order valence-electron chi connectivity index (χ1n) is 6.29. The van der Waals surface area contributed by atoms with E-state index in [1.165, 1.54) is 0 Å². The lowest BCUT2D eigenvalue weighted by Crippen LogP contribution is -2.58. The Balaban J connectivity index is 1.83. The summed E-state index contributed by atoms with van der Waals surface area (Å²) in [6, 6.07) is 0. The van der Waals surface area contributed by atoms with Gasteiger partial charge in [0, 0.05) is 19.6 Å². The molecule has 3 heteroatoms. The van der Waals surface area contributed by atoms with Gasteiger partial charge in [-0.1, -0.05) is 27.2 Å². The number of hydrogen-bond donors (Lipinski definition) is 1. The molecular formula is C13H23NO2. The number of nitrogens with zero attached hydrogens (tertiary/aromatic N) is 1. The van der Waals surface area contributed by atoms with Crippen molar-refractivity contribution in [1.82, 2.24) is 4.90 Å². The molecule has 0 radical (unpaired) electrons. The van der Waals surface area contributed by atoms with E-state index in [4.69, 9.17) is 0 Å². The highest BCUT2D eigenvalue weighted by Crippen LogP contribution is 2.44. The first-order valence-corrected chi connectivity index (χ1v) is 6.29. The van der Waals surface area contributed by atoms with Gasteiger partial charge in [0.1, 0.15) is 0 Å². The minimum Gasteiger partial charge on any atom is -0.481 e. The van der Waals surface area contributed by atoms with Gasteiger partial charge in [-0.3, -0.25) is 4.79 Å². The average Bonchev–Trinajstić information content (AvgIpc) is 1.94. The van der Waals surface area contributed by atoms with E-state index in [2.05, 4.69) is 25.7 Å². The minimum absolute atomic E-state index is 0.368. The van der Waals surface area contributed by atoms with Crippen molar-refractivity contribution in [3.63, 3.8) is 0 Å². The number of carboxylic acid groups (broad SMARTS) is 1. The molecule has 1 aliphatic carbocycles. The number of carboxylic acids is 1. The number of carbonyl (C=O) groups is 1. The molecule has 0 aromatic rings. The average molecular weight is 225 g/mol. The largest absolute Gasteiger partial charge is 0.481 e. The van der Waals surface area contributed by atoms with Gasteiger partial charge in [-0.15, -0.1) is 0 Å². The zero-order valence-corrected chi connectivity index (χ0v) is 10.6. The van der Waals surface area contributed by atoms with E-state index < -0.39 is 11.4 Å². The molecule has 1 heterocycles. The van der Waals surface area contributed by atoms with E-state index in [0.29, 0.717) is 5.41 Å². The van der Waals surface area contributed by atoms with Crippen LogP contribution in [0.25, 0.3) is 0 Å². The minimum atomic E-state index is -0.585. The van der Waals surface area contributed by atoms with E-state index in [0.717, 1.165) is 44.8 Å². The van der Waals surface area contributed by atoms with E-state index in [9.17, 15) is 9.90 Å². The molecular weight excluding hydrogens is 202 g/mol. The van der Waals surface area contributed by atoms with E-state index >= 15 is 0 Å². The second kappa shape index (κ2) is 3.73. The Bertz CT molecular complexity index is 283.